The third-order valence-corrected chi connectivity index (χ3v) is 2.28. The van der Waals surface area contributed by atoms with Crippen LogP contribution in [-0.4, -0.2) is 10.9 Å². The third kappa shape index (κ3) is 2.87. The van der Waals surface area contributed by atoms with Crippen molar-refractivity contribution in [1.82, 2.24) is 4.98 Å². The van der Waals surface area contributed by atoms with Crippen molar-refractivity contribution in [1.29, 1.82) is 0 Å². The van der Waals surface area contributed by atoms with Crippen LogP contribution in [0.2, 0.25) is 0 Å². The first-order chi connectivity index (χ1) is 8.15. The van der Waals surface area contributed by atoms with Gasteiger partial charge in [-0.3, -0.25) is 9.78 Å². The van der Waals surface area contributed by atoms with Crippen LogP contribution in [0.4, 0.5) is 10.1 Å². The molecule has 3 nitrogen and oxygen atoms in total. The zero-order valence-electron chi connectivity index (χ0n) is 9.27. The van der Waals surface area contributed by atoms with Gasteiger partial charge in [-0.1, -0.05) is 17.7 Å². The van der Waals surface area contributed by atoms with Crippen LogP contribution >= 0.6 is 0 Å². The molecule has 2 aromatic rings. The summed E-state index contributed by atoms with van der Waals surface area (Å²) in [5.41, 5.74) is 1.95. The maximum atomic E-state index is 12.9. The van der Waals surface area contributed by atoms with Crippen LogP contribution in [0.25, 0.3) is 0 Å². The Bertz CT molecular complexity index is 537. The number of carbonyl (C=O) groups is 1. The first-order valence-electron chi connectivity index (χ1n) is 5.14. The summed E-state index contributed by atoms with van der Waals surface area (Å²) >= 11 is 0. The Hall–Kier alpha value is -2.23. The number of hydrogen-bond donors (Lipinski definition) is 1. The number of aromatic nitrogens is 1. The lowest BCUT2D eigenvalue weighted by Crippen LogP contribution is -2.12. The Labute approximate surface area is 98.3 Å². The van der Waals surface area contributed by atoms with E-state index in [1.165, 1.54) is 12.3 Å². The number of anilines is 1. The van der Waals surface area contributed by atoms with Crippen molar-refractivity contribution >= 4 is 11.6 Å². The molecular weight excluding hydrogens is 219 g/mol. The second-order valence-electron chi connectivity index (χ2n) is 3.71. The molecule has 0 atom stereocenters. The normalized spacial score (nSPS) is 10.0. The number of aryl methyl sites for hydroxylation is 1. The molecule has 2 rings (SSSR count). The summed E-state index contributed by atoms with van der Waals surface area (Å²) in [6.07, 6.45) is 2.48. The number of nitrogens with zero attached hydrogens (tertiary/aromatic N) is 1. The van der Waals surface area contributed by atoms with Gasteiger partial charge in [-0.15, -0.1) is 0 Å². The molecule has 0 radical (unpaired) electrons. The van der Waals surface area contributed by atoms with Gasteiger partial charge in [0, 0.05) is 11.6 Å². The summed E-state index contributed by atoms with van der Waals surface area (Å²) in [5.74, 6) is -0.760. The van der Waals surface area contributed by atoms with Gasteiger partial charge in [0.15, 0.2) is 0 Å². The van der Waals surface area contributed by atoms with Gasteiger partial charge in [0.1, 0.15) is 5.82 Å². The topological polar surface area (TPSA) is 42.0 Å². The van der Waals surface area contributed by atoms with Crippen molar-refractivity contribution in [2.24, 2.45) is 0 Å². The standard InChI is InChI=1S/C13H11FN2O/c1-9-2-4-10(5-3-9)13(17)16-12-6-11(14)7-15-8-12/h2-8H,1H3,(H,16,17). The van der Waals surface area contributed by atoms with Crippen LogP contribution in [0.3, 0.4) is 0 Å². The quantitative estimate of drug-likeness (QED) is 0.861. The molecule has 0 aliphatic heterocycles. The molecule has 1 amide bonds. The Balaban J connectivity index is 2.14. The molecule has 0 saturated carbocycles. The van der Waals surface area contributed by atoms with Gasteiger partial charge in [0.25, 0.3) is 5.91 Å². The lowest BCUT2D eigenvalue weighted by Gasteiger charge is -2.04. The minimum Gasteiger partial charge on any atom is -0.320 e. The van der Waals surface area contributed by atoms with Crippen LogP contribution in [0, 0.1) is 12.7 Å². The molecule has 0 spiro atoms. The first kappa shape index (κ1) is 11.3. The maximum Gasteiger partial charge on any atom is 0.255 e. The van der Waals surface area contributed by atoms with Gasteiger partial charge < -0.3 is 5.32 Å². The van der Waals surface area contributed by atoms with E-state index >= 15 is 0 Å². The summed E-state index contributed by atoms with van der Waals surface area (Å²) in [4.78, 5) is 15.4. The SMILES string of the molecule is Cc1ccc(C(=O)Nc2cncc(F)c2)cc1. The van der Waals surface area contributed by atoms with Gasteiger partial charge in [0.2, 0.25) is 0 Å². The molecule has 86 valence electrons. The summed E-state index contributed by atoms with van der Waals surface area (Å²) in [7, 11) is 0. The number of hydrogen-bond acceptors (Lipinski definition) is 2. The molecule has 0 saturated heterocycles. The monoisotopic (exact) mass is 230 g/mol. The maximum absolute atomic E-state index is 12.9. The van der Waals surface area contributed by atoms with Crippen molar-refractivity contribution in [2.45, 2.75) is 6.92 Å². The fourth-order valence-corrected chi connectivity index (χ4v) is 1.39. The van der Waals surface area contributed by atoms with E-state index in [1.54, 1.807) is 12.1 Å². The fourth-order valence-electron chi connectivity index (χ4n) is 1.39. The van der Waals surface area contributed by atoms with Crippen molar-refractivity contribution in [2.75, 3.05) is 5.32 Å². The second-order valence-corrected chi connectivity index (χ2v) is 3.71. The summed E-state index contributed by atoms with van der Waals surface area (Å²) in [6, 6.07) is 8.35. The van der Waals surface area contributed by atoms with Crippen molar-refractivity contribution < 1.29 is 9.18 Å². The highest BCUT2D eigenvalue weighted by Gasteiger charge is 2.06. The average Bonchev–Trinajstić information content (AvgIpc) is 2.29. The highest BCUT2D eigenvalue weighted by atomic mass is 19.1. The Morgan fingerprint density at radius 3 is 2.59 bits per heavy atom. The van der Waals surface area contributed by atoms with E-state index < -0.39 is 5.82 Å². The number of amides is 1. The van der Waals surface area contributed by atoms with Crippen molar-refractivity contribution in [3.05, 3.63) is 59.7 Å². The molecule has 0 aliphatic carbocycles. The number of nitrogens with one attached hydrogen (secondary N) is 1. The van der Waals surface area contributed by atoms with E-state index in [0.717, 1.165) is 11.8 Å². The predicted octanol–water partition coefficient (Wildman–Crippen LogP) is 2.78. The van der Waals surface area contributed by atoms with Crippen LogP contribution in [0.5, 0.6) is 0 Å². The molecule has 0 bridgehead atoms. The molecule has 1 aromatic carbocycles. The van der Waals surface area contributed by atoms with Gasteiger partial charge >= 0.3 is 0 Å². The minimum absolute atomic E-state index is 0.280. The molecule has 4 heteroatoms. The Kier molecular flexibility index (Phi) is 3.14. The van der Waals surface area contributed by atoms with E-state index in [4.69, 9.17) is 0 Å². The van der Waals surface area contributed by atoms with Crippen LogP contribution in [0.15, 0.2) is 42.7 Å². The molecule has 1 heterocycles. The average molecular weight is 230 g/mol. The van der Waals surface area contributed by atoms with E-state index in [2.05, 4.69) is 10.3 Å². The summed E-state index contributed by atoms with van der Waals surface area (Å²) in [6.45, 7) is 1.94. The predicted molar refractivity (Wildman–Crippen MR) is 63.3 cm³/mol. The smallest absolute Gasteiger partial charge is 0.255 e. The molecule has 0 aliphatic rings. The fraction of sp³-hybridized carbons (Fsp3) is 0.0769. The number of benzene rings is 1. The molecular formula is C13H11FN2O. The van der Waals surface area contributed by atoms with Gasteiger partial charge in [-0.05, 0) is 19.1 Å². The molecule has 0 unspecified atom stereocenters. The first-order valence-corrected chi connectivity index (χ1v) is 5.14. The number of rotatable bonds is 2. The third-order valence-electron chi connectivity index (χ3n) is 2.28. The van der Waals surface area contributed by atoms with E-state index in [-0.39, 0.29) is 5.91 Å². The summed E-state index contributed by atoms with van der Waals surface area (Å²) in [5, 5.41) is 2.58. The summed E-state index contributed by atoms with van der Waals surface area (Å²) < 4.78 is 12.9. The molecule has 17 heavy (non-hydrogen) atoms. The van der Waals surface area contributed by atoms with E-state index in [1.807, 2.05) is 19.1 Å². The lowest BCUT2D eigenvalue weighted by molar-refractivity contribution is 0.102. The van der Waals surface area contributed by atoms with Crippen molar-refractivity contribution in [3.63, 3.8) is 0 Å². The lowest BCUT2D eigenvalue weighted by atomic mass is 10.1. The number of carbonyl (C=O) groups excluding carboxylic acids is 1. The molecule has 0 fully saturated rings. The Morgan fingerprint density at radius 2 is 1.94 bits per heavy atom. The zero-order valence-corrected chi connectivity index (χ0v) is 9.27. The van der Waals surface area contributed by atoms with Crippen LogP contribution < -0.4 is 5.32 Å². The van der Waals surface area contributed by atoms with Crippen LogP contribution in [0.1, 0.15) is 15.9 Å². The van der Waals surface area contributed by atoms with Gasteiger partial charge in [0.05, 0.1) is 18.1 Å². The van der Waals surface area contributed by atoms with E-state index in [0.29, 0.717) is 11.3 Å². The highest BCUT2D eigenvalue weighted by molar-refractivity contribution is 6.04. The largest absolute Gasteiger partial charge is 0.320 e. The van der Waals surface area contributed by atoms with Gasteiger partial charge in [-0.2, -0.15) is 0 Å². The van der Waals surface area contributed by atoms with Gasteiger partial charge in [-0.25, -0.2) is 4.39 Å². The van der Waals surface area contributed by atoms with Crippen LogP contribution in [-0.2, 0) is 0 Å². The number of pyridine rings is 1. The Morgan fingerprint density at radius 1 is 1.24 bits per heavy atom. The van der Waals surface area contributed by atoms with E-state index in [9.17, 15) is 9.18 Å². The zero-order chi connectivity index (χ0) is 12.3. The molecule has 1 aromatic heterocycles. The van der Waals surface area contributed by atoms with Crippen molar-refractivity contribution in [3.8, 4) is 0 Å². The highest BCUT2D eigenvalue weighted by Crippen LogP contribution is 2.10. The molecule has 1 N–H and O–H groups in total. The second kappa shape index (κ2) is 4.74. The number of halogens is 1. The minimum atomic E-state index is -0.480.